The minimum Gasteiger partial charge on any atom is -0.468 e. The number of hydrogen-bond donors (Lipinski definition) is 1. The maximum Gasteiger partial charge on any atom is 0.323 e. The number of hydrogen-bond acceptors (Lipinski definition) is 4. The third-order valence-corrected chi connectivity index (χ3v) is 3.51. The summed E-state index contributed by atoms with van der Waals surface area (Å²) < 4.78 is 29.4. The summed E-state index contributed by atoms with van der Waals surface area (Å²) in [6.07, 6.45) is 1.11. The van der Waals surface area contributed by atoms with Gasteiger partial charge in [0.2, 0.25) is 10.0 Å². The van der Waals surface area contributed by atoms with E-state index in [0.717, 1.165) is 0 Å². The summed E-state index contributed by atoms with van der Waals surface area (Å²) in [5.74, 6) is -0.195. The Hall–Kier alpha value is -0.330. The van der Waals surface area contributed by atoms with Crippen LogP contribution in [0.25, 0.3) is 0 Å². The van der Waals surface area contributed by atoms with E-state index in [-0.39, 0.29) is 5.75 Å². The van der Waals surface area contributed by atoms with Gasteiger partial charge in [-0.25, -0.2) is 13.1 Å². The molecule has 0 aliphatic heterocycles. The molecule has 1 unspecified atom stereocenters. The number of unbranched alkanes of at least 4 members (excludes halogenated alkanes) is 1. The van der Waals surface area contributed by atoms with Gasteiger partial charge in [0.15, 0.2) is 0 Å². The summed E-state index contributed by atoms with van der Waals surface area (Å²) in [7, 11) is -2.21. The molecule has 0 heterocycles. The summed E-state index contributed by atoms with van der Waals surface area (Å²) in [5.41, 5.74) is 0. The zero-order chi connectivity index (χ0) is 11.9. The Morgan fingerprint density at radius 3 is 2.53 bits per heavy atom. The minimum absolute atomic E-state index is 0.0267. The van der Waals surface area contributed by atoms with E-state index in [4.69, 9.17) is 11.6 Å². The van der Waals surface area contributed by atoms with Crippen molar-refractivity contribution in [2.45, 2.75) is 25.8 Å². The van der Waals surface area contributed by atoms with Crippen LogP contribution in [-0.4, -0.2) is 39.2 Å². The number of carbonyl (C=O) groups excluding carboxylic acids is 1. The van der Waals surface area contributed by atoms with Gasteiger partial charge in [0, 0.05) is 5.88 Å². The van der Waals surface area contributed by atoms with Crippen LogP contribution in [-0.2, 0) is 19.6 Å². The molecule has 0 aliphatic carbocycles. The van der Waals surface area contributed by atoms with Crippen LogP contribution in [0.5, 0.6) is 0 Å². The van der Waals surface area contributed by atoms with Gasteiger partial charge in [-0.2, -0.15) is 0 Å². The van der Waals surface area contributed by atoms with Crippen molar-refractivity contribution in [3.63, 3.8) is 0 Å². The van der Waals surface area contributed by atoms with E-state index in [0.29, 0.717) is 18.7 Å². The van der Waals surface area contributed by atoms with Gasteiger partial charge in [0.05, 0.1) is 12.9 Å². The van der Waals surface area contributed by atoms with Crippen LogP contribution in [0.4, 0.5) is 0 Å². The molecule has 0 fully saturated rings. The molecule has 15 heavy (non-hydrogen) atoms. The molecular weight excluding hydrogens is 242 g/mol. The number of ether oxygens (including phenoxy) is 1. The Morgan fingerprint density at radius 1 is 1.47 bits per heavy atom. The Balaban J connectivity index is 4.08. The fourth-order valence-corrected chi connectivity index (χ4v) is 2.47. The molecule has 0 aromatic rings. The fraction of sp³-hybridized carbons (Fsp3) is 0.875. The lowest BCUT2D eigenvalue weighted by atomic mass is 10.4. The summed E-state index contributed by atoms with van der Waals surface area (Å²) in [6.45, 7) is 1.44. The zero-order valence-corrected chi connectivity index (χ0v) is 10.4. The summed E-state index contributed by atoms with van der Waals surface area (Å²) in [4.78, 5) is 10.9. The first-order valence-corrected chi connectivity index (χ1v) is 6.75. The second-order valence-corrected chi connectivity index (χ2v) is 5.33. The fourth-order valence-electron chi connectivity index (χ4n) is 0.940. The molecule has 0 spiro atoms. The molecule has 0 saturated heterocycles. The summed E-state index contributed by atoms with van der Waals surface area (Å²) >= 11 is 5.42. The van der Waals surface area contributed by atoms with E-state index in [9.17, 15) is 13.2 Å². The SMILES string of the molecule is COC(=O)C(C)NS(=O)(=O)CCCCCl. The molecule has 90 valence electrons. The van der Waals surface area contributed by atoms with E-state index in [1.165, 1.54) is 14.0 Å². The van der Waals surface area contributed by atoms with Crippen molar-refractivity contribution in [2.75, 3.05) is 18.7 Å². The second-order valence-electron chi connectivity index (χ2n) is 3.08. The molecule has 0 aromatic heterocycles. The third kappa shape index (κ3) is 6.70. The number of alkyl halides is 1. The second kappa shape index (κ2) is 7.03. The van der Waals surface area contributed by atoms with E-state index in [1.54, 1.807) is 0 Å². The highest BCUT2D eigenvalue weighted by atomic mass is 35.5. The smallest absolute Gasteiger partial charge is 0.323 e. The van der Waals surface area contributed by atoms with Crippen LogP contribution in [0.15, 0.2) is 0 Å². The number of esters is 1. The number of rotatable bonds is 7. The number of halogens is 1. The van der Waals surface area contributed by atoms with Crippen molar-refractivity contribution in [3.05, 3.63) is 0 Å². The molecular formula is C8H16ClNO4S. The van der Waals surface area contributed by atoms with Crippen LogP contribution < -0.4 is 4.72 Å². The normalized spacial score (nSPS) is 13.5. The predicted octanol–water partition coefficient (Wildman–Crippen LogP) is 0.486. The molecule has 5 nitrogen and oxygen atoms in total. The van der Waals surface area contributed by atoms with Gasteiger partial charge in [-0.15, -0.1) is 11.6 Å². The van der Waals surface area contributed by atoms with E-state index >= 15 is 0 Å². The van der Waals surface area contributed by atoms with Gasteiger partial charge < -0.3 is 4.74 Å². The Kier molecular flexibility index (Phi) is 6.87. The maximum atomic E-state index is 11.4. The molecule has 0 amide bonds. The van der Waals surface area contributed by atoms with Crippen molar-refractivity contribution < 1.29 is 17.9 Å². The quantitative estimate of drug-likeness (QED) is 0.409. The van der Waals surface area contributed by atoms with Crippen molar-refractivity contribution in [1.82, 2.24) is 4.72 Å². The standard InChI is InChI=1S/C8H16ClNO4S/c1-7(8(11)14-2)10-15(12,13)6-4-3-5-9/h7,10H,3-6H2,1-2H3. The number of sulfonamides is 1. The van der Waals surface area contributed by atoms with Gasteiger partial charge in [-0.05, 0) is 19.8 Å². The monoisotopic (exact) mass is 257 g/mol. The predicted molar refractivity (Wildman–Crippen MR) is 58.4 cm³/mol. The van der Waals surface area contributed by atoms with Crippen molar-refractivity contribution in [3.8, 4) is 0 Å². The van der Waals surface area contributed by atoms with Gasteiger partial charge in [-0.3, -0.25) is 4.79 Å². The molecule has 1 atom stereocenters. The highest BCUT2D eigenvalue weighted by Gasteiger charge is 2.19. The summed E-state index contributed by atoms with van der Waals surface area (Å²) in [6, 6.07) is -0.851. The lowest BCUT2D eigenvalue weighted by molar-refractivity contribution is -0.142. The molecule has 0 bridgehead atoms. The lowest BCUT2D eigenvalue weighted by Crippen LogP contribution is -2.40. The average Bonchev–Trinajstić information content (AvgIpc) is 2.16. The van der Waals surface area contributed by atoms with Crippen molar-refractivity contribution >= 4 is 27.6 Å². The molecule has 1 N–H and O–H groups in total. The Bertz CT molecular complexity index is 291. The summed E-state index contributed by atoms with van der Waals surface area (Å²) in [5, 5.41) is 0. The first kappa shape index (κ1) is 14.7. The van der Waals surface area contributed by atoms with Crippen LogP contribution in [0.1, 0.15) is 19.8 Å². The third-order valence-electron chi connectivity index (χ3n) is 1.71. The maximum absolute atomic E-state index is 11.4. The van der Waals surface area contributed by atoms with Gasteiger partial charge in [0.1, 0.15) is 6.04 Å². The van der Waals surface area contributed by atoms with E-state index in [1.807, 2.05) is 0 Å². The van der Waals surface area contributed by atoms with Crippen LogP contribution >= 0.6 is 11.6 Å². The van der Waals surface area contributed by atoms with Crippen LogP contribution in [0.2, 0.25) is 0 Å². The Labute approximate surface area is 95.2 Å². The van der Waals surface area contributed by atoms with E-state index in [2.05, 4.69) is 9.46 Å². The molecule has 0 aliphatic rings. The minimum atomic E-state index is -3.42. The highest BCUT2D eigenvalue weighted by molar-refractivity contribution is 7.89. The first-order chi connectivity index (χ1) is 6.93. The van der Waals surface area contributed by atoms with E-state index < -0.39 is 22.0 Å². The molecule has 0 saturated carbocycles. The van der Waals surface area contributed by atoms with Crippen LogP contribution in [0.3, 0.4) is 0 Å². The van der Waals surface area contributed by atoms with Gasteiger partial charge in [0.25, 0.3) is 0 Å². The largest absolute Gasteiger partial charge is 0.468 e. The van der Waals surface area contributed by atoms with Gasteiger partial charge in [-0.1, -0.05) is 0 Å². The van der Waals surface area contributed by atoms with Crippen LogP contribution in [0, 0.1) is 0 Å². The Morgan fingerprint density at radius 2 is 2.07 bits per heavy atom. The number of methoxy groups -OCH3 is 1. The topological polar surface area (TPSA) is 72.5 Å². The molecule has 0 rings (SSSR count). The number of nitrogens with one attached hydrogen (secondary N) is 1. The van der Waals surface area contributed by atoms with Gasteiger partial charge >= 0.3 is 5.97 Å². The molecule has 0 aromatic carbocycles. The molecule has 0 radical (unpaired) electrons. The highest BCUT2D eigenvalue weighted by Crippen LogP contribution is 1.98. The van der Waals surface area contributed by atoms with Crippen molar-refractivity contribution in [1.29, 1.82) is 0 Å². The van der Waals surface area contributed by atoms with Crippen molar-refractivity contribution in [2.24, 2.45) is 0 Å². The number of carbonyl (C=O) groups is 1. The lowest BCUT2D eigenvalue weighted by Gasteiger charge is -2.11. The average molecular weight is 258 g/mol. The first-order valence-electron chi connectivity index (χ1n) is 4.56. The molecule has 7 heteroatoms. The zero-order valence-electron chi connectivity index (χ0n) is 8.82.